The second-order valence-corrected chi connectivity index (χ2v) is 5.08. The van der Waals surface area contributed by atoms with Crippen LogP contribution in [-0.2, 0) is 12.4 Å². The van der Waals surface area contributed by atoms with Gasteiger partial charge in [0.2, 0.25) is 0 Å². The molecule has 0 fully saturated rings. The minimum atomic E-state index is -5.90. The van der Waals surface area contributed by atoms with E-state index in [1.54, 1.807) is 0 Å². The highest BCUT2D eigenvalue weighted by Crippen LogP contribution is 2.48. The first-order valence-electron chi connectivity index (χ1n) is 6.47. The highest BCUT2D eigenvalue weighted by molar-refractivity contribution is 5.72. The molecule has 0 saturated carbocycles. The van der Waals surface area contributed by atoms with Gasteiger partial charge in [0.05, 0.1) is 11.1 Å². The van der Waals surface area contributed by atoms with Crippen LogP contribution in [0.25, 0.3) is 11.1 Å². The second-order valence-electron chi connectivity index (χ2n) is 5.08. The summed E-state index contributed by atoms with van der Waals surface area (Å²) in [7, 11) is 0. The highest BCUT2D eigenvalue weighted by Gasteiger charge is 2.46. The van der Waals surface area contributed by atoms with E-state index in [4.69, 9.17) is 10.2 Å². The molecule has 0 saturated heterocycles. The van der Waals surface area contributed by atoms with Gasteiger partial charge < -0.3 is 10.2 Å². The van der Waals surface area contributed by atoms with Crippen LogP contribution in [0.2, 0.25) is 0 Å². The lowest BCUT2D eigenvalue weighted by atomic mass is 9.96. The number of benzene rings is 2. The third-order valence-corrected chi connectivity index (χ3v) is 3.41. The molecule has 0 aliphatic heterocycles. The number of aromatic hydroxyl groups is 2. The lowest BCUT2D eigenvalue weighted by Gasteiger charge is -2.18. The van der Waals surface area contributed by atoms with Gasteiger partial charge >= 0.3 is 12.4 Å². The van der Waals surface area contributed by atoms with E-state index in [1.165, 1.54) is 0 Å². The highest BCUT2D eigenvalue weighted by atomic mass is 19.4. The van der Waals surface area contributed by atoms with E-state index in [9.17, 15) is 52.7 Å². The van der Waals surface area contributed by atoms with E-state index in [0.29, 0.717) is 0 Å². The molecule has 2 aromatic rings. The molecular formula is C14H2F12O2. The third-order valence-electron chi connectivity index (χ3n) is 3.41. The van der Waals surface area contributed by atoms with Crippen molar-refractivity contribution in [2.75, 3.05) is 0 Å². The van der Waals surface area contributed by atoms with Gasteiger partial charge in [0.1, 0.15) is 11.1 Å². The van der Waals surface area contributed by atoms with Gasteiger partial charge in [-0.2, -0.15) is 26.3 Å². The lowest BCUT2D eigenvalue weighted by Crippen LogP contribution is -2.15. The summed E-state index contributed by atoms with van der Waals surface area (Å²) >= 11 is 0. The van der Waals surface area contributed by atoms with Gasteiger partial charge in [-0.15, -0.1) is 0 Å². The van der Waals surface area contributed by atoms with Crippen LogP contribution >= 0.6 is 0 Å². The van der Waals surface area contributed by atoms with E-state index in [2.05, 4.69) is 0 Å². The molecule has 154 valence electrons. The van der Waals surface area contributed by atoms with Gasteiger partial charge in [0.25, 0.3) is 0 Å². The van der Waals surface area contributed by atoms with Crippen LogP contribution in [-0.4, -0.2) is 10.2 Å². The Morgan fingerprint density at radius 2 is 0.679 bits per heavy atom. The van der Waals surface area contributed by atoms with Gasteiger partial charge in [0, 0.05) is 0 Å². The number of halogens is 12. The van der Waals surface area contributed by atoms with Crippen molar-refractivity contribution in [1.82, 2.24) is 0 Å². The van der Waals surface area contributed by atoms with E-state index < -0.39 is 81.0 Å². The number of phenolic OH excluding ortho intramolecular Hbond substituents is 2. The summed E-state index contributed by atoms with van der Waals surface area (Å²) in [5.74, 6) is -23.4. The van der Waals surface area contributed by atoms with Crippen LogP contribution in [0.15, 0.2) is 0 Å². The molecule has 0 amide bonds. The number of hydrogen-bond donors (Lipinski definition) is 2. The fourth-order valence-corrected chi connectivity index (χ4v) is 2.25. The first-order valence-corrected chi connectivity index (χ1v) is 6.47. The van der Waals surface area contributed by atoms with Crippen LogP contribution in [0, 0.1) is 34.9 Å². The number of hydrogen-bond acceptors (Lipinski definition) is 2. The lowest BCUT2D eigenvalue weighted by molar-refractivity contribution is -0.142. The molecule has 0 radical (unpaired) electrons. The Balaban J connectivity index is 3.04. The van der Waals surface area contributed by atoms with Crippen LogP contribution in [0.4, 0.5) is 52.7 Å². The Bertz CT molecular complexity index is 837. The summed E-state index contributed by atoms with van der Waals surface area (Å²) in [6, 6.07) is 0. The number of alkyl halides is 6. The summed E-state index contributed by atoms with van der Waals surface area (Å²) in [5, 5.41) is 18.2. The zero-order valence-electron chi connectivity index (χ0n) is 12.4. The minimum absolute atomic E-state index is 2.51. The maximum atomic E-state index is 14.0. The van der Waals surface area contributed by atoms with E-state index >= 15 is 0 Å². The Hall–Kier alpha value is -2.80. The summed E-state index contributed by atoms with van der Waals surface area (Å²) in [6.45, 7) is 0. The second kappa shape index (κ2) is 6.38. The van der Waals surface area contributed by atoms with Crippen LogP contribution in [0.5, 0.6) is 11.5 Å². The molecule has 28 heavy (non-hydrogen) atoms. The molecule has 0 unspecified atom stereocenters. The monoisotopic (exact) mass is 430 g/mol. The summed E-state index contributed by atoms with van der Waals surface area (Å²) < 4.78 is 158. The van der Waals surface area contributed by atoms with Gasteiger partial charge in [-0.3, -0.25) is 0 Å². The van der Waals surface area contributed by atoms with Crippen LogP contribution in [0.1, 0.15) is 11.1 Å². The molecule has 2 aromatic carbocycles. The van der Waals surface area contributed by atoms with Crippen molar-refractivity contribution >= 4 is 0 Å². The summed E-state index contributed by atoms with van der Waals surface area (Å²) in [5.41, 5.74) is -10.9. The van der Waals surface area contributed by atoms with E-state index in [-0.39, 0.29) is 0 Å². The van der Waals surface area contributed by atoms with Gasteiger partial charge in [-0.1, -0.05) is 0 Å². The molecule has 0 bridgehead atoms. The molecule has 0 aliphatic carbocycles. The zero-order valence-corrected chi connectivity index (χ0v) is 12.4. The Kier molecular flexibility index (Phi) is 4.90. The molecule has 0 atom stereocenters. The molecule has 14 heteroatoms. The Labute approximate surface area is 145 Å². The fraction of sp³-hybridized carbons (Fsp3) is 0.143. The zero-order chi connectivity index (χ0) is 21.9. The maximum Gasteiger partial charge on any atom is 0.423 e. The quantitative estimate of drug-likeness (QED) is 0.455. The molecular weight excluding hydrogens is 428 g/mol. The smallest absolute Gasteiger partial charge is 0.423 e. The largest absolute Gasteiger partial charge is 0.504 e. The number of phenols is 2. The molecule has 2 nitrogen and oxygen atoms in total. The summed E-state index contributed by atoms with van der Waals surface area (Å²) in [4.78, 5) is 0. The van der Waals surface area contributed by atoms with Crippen molar-refractivity contribution in [3.63, 3.8) is 0 Å². The summed E-state index contributed by atoms with van der Waals surface area (Å²) in [6.07, 6.45) is -11.8. The van der Waals surface area contributed by atoms with Gasteiger partial charge in [-0.25, -0.2) is 26.3 Å². The standard InChI is InChI=1S/C14H2F12O2/c15-5-1(7(17)11(27)3(9(5)19)13(21,22)23)2-6(16)10(20)4(14(24,25)26)12(28)8(2)18/h27-28H. The van der Waals surface area contributed by atoms with Gasteiger partial charge in [0.15, 0.2) is 46.4 Å². The van der Waals surface area contributed by atoms with Crippen LogP contribution in [0.3, 0.4) is 0 Å². The van der Waals surface area contributed by atoms with Gasteiger partial charge in [-0.05, 0) is 0 Å². The van der Waals surface area contributed by atoms with Crippen molar-refractivity contribution < 1.29 is 62.9 Å². The van der Waals surface area contributed by atoms with Crippen molar-refractivity contribution in [2.24, 2.45) is 0 Å². The van der Waals surface area contributed by atoms with Crippen LogP contribution < -0.4 is 0 Å². The van der Waals surface area contributed by atoms with Crippen molar-refractivity contribution in [3.8, 4) is 22.6 Å². The normalized spacial score (nSPS) is 12.6. The topological polar surface area (TPSA) is 40.5 Å². The van der Waals surface area contributed by atoms with Crippen molar-refractivity contribution in [1.29, 1.82) is 0 Å². The average Bonchev–Trinajstić information content (AvgIpc) is 2.52. The van der Waals surface area contributed by atoms with E-state index in [0.717, 1.165) is 0 Å². The predicted octanol–water partition coefficient (Wildman–Crippen LogP) is 5.64. The number of rotatable bonds is 1. The minimum Gasteiger partial charge on any atom is -0.504 e. The SMILES string of the molecule is Oc1c(F)c(-c2c(F)c(O)c(C(F)(F)F)c(F)c2F)c(F)c(F)c1C(F)(F)F. The van der Waals surface area contributed by atoms with Crippen molar-refractivity contribution in [3.05, 3.63) is 46.0 Å². The predicted molar refractivity (Wildman–Crippen MR) is 65.0 cm³/mol. The first-order chi connectivity index (χ1) is 12.5. The third kappa shape index (κ3) is 3.05. The maximum absolute atomic E-state index is 14.0. The molecule has 0 aromatic heterocycles. The van der Waals surface area contributed by atoms with Crippen molar-refractivity contribution in [2.45, 2.75) is 12.4 Å². The Morgan fingerprint density at radius 3 is 0.893 bits per heavy atom. The molecule has 0 aliphatic rings. The molecule has 0 spiro atoms. The average molecular weight is 430 g/mol. The molecule has 0 heterocycles. The molecule has 2 rings (SSSR count). The first kappa shape index (κ1) is 21.5. The molecule has 2 N–H and O–H groups in total. The Morgan fingerprint density at radius 1 is 0.429 bits per heavy atom. The fourth-order valence-electron chi connectivity index (χ4n) is 2.25. The van der Waals surface area contributed by atoms with E-state index in [1.807, 2.05) is 0 Å².